The minimum Gasteiger partial charge on any atom is -0.497 e. The summed E-state index contributed by atoms with van der Waals surface area (Å²) in [6.07, 6.45) is 0.125. The van der Waals surface area contributed by atoms with Crippen molar-refractivity contribution in [1.29, 1.82) is 0 Å². The Labute approximate surface area is 157 Å². The molecule has 1 heterocycles. The van der Waals surface area contributed by atoms with E-state index in [-0.39, 0.29) is 24.1 Å². The van der Waals surface area contributed by atoms with Crippen LogP contribution in [0.25, 0.3) is 0 Å². The molecule has 3 amide bonds. The number of amides is 3. The topological polar surface area (TPSA) is 87.7 Å². The third-order valence-electron chi connectivity index (χ3n) is 4.54. The molecular weight excluding hydrogens is 346 g/mol. The molecule has 0 radical (unpaired) electrons. The molecule has 2 N–H and O–H groups in total. The first-order valence-corrected chi connectivity index (χ1v) is 8.60. The van der Waals surface area contributed by atoms with Crippen molar-refractivity contribution in [2.45, 2.75) is 6.42 Å². The third kappa shape index (κ3) is 3.92. The van der Waals surface area contributed by atoms with Crippen LogP contribution in [0.5, 0.6) is 5.75 Å². The number of nitrogens with zero attached hydrogens (tertiary/aromatic N) is 1. The molecule has 27 heavy (non-hydrogen) atoms. The molecule has 0 saturated carbocycles. The molecule has 7 heteroatoms. The number of nitrogens with one attached hydrogen (secondary N) is 2. The van der Waals surface area contributed by atoms with Crippen molar-refractivity contribution in [2.24, 2.45) is 5.92 Å². The van der Waals surface area contributed by atoms with Crippen molar-refractivity contribution >= 4 is 29.1 Å². The number of hydrogen-bond donors (Lipinski definition) is 2. The van der Waals surface area contributed by atoms with Crippen molar-refractivity contribution in [3.05, 3.63) is 54.1 Å². The Balaban J connectivity index is 1.72. The van der Waals surface area contributed by atoms with Gasteiger partial charge in [-0.25, -0.2) is 0 Å². The Morgan fingerprint density at radius 2 is 1.81 bits per heavy atom. The quantitative estimate of drug-likeness (QED) is 0.847. The number of anilines is 2. The molecular formula is C20H21N3O4. The molecule has 0 aliphatic carbocycles. The van der Waals surface area contributed by atoms with Crippen LogP contribution in [0.3, 0.4) is 0 Å². The van der Waals surface area contributed by atoms with Crippen molar-refractivity contribution in [3.63, 3.8) is 0 Å². The van der Waals surface area contributed by atoms with Crippen LogP contribution in [0.4, 0.5) is 11.4 Å². The standard InChI is InChI=1S/C20H21N3O4/c1-21-20(26)16-5-3-4-6-17(16)22-19(25)13-11-18(24)23(12-13)14-7-9-15(27-2)10-8-14/h3-10,13H,11-12H2,1-2H3,(H,21,26)(H,22,25)/t13-/m1/s1. The highest BCUT2D eigenvalue weighted by molar-refractivity contribution is 6.07. The summed E-state index contributed by atoms with van der Waals surface area (Å²) in [7, 11) is 3.11. The first-order valence-electron chi connectivity index (χ1n) is 8.60. The van der Waals surface area contributed by atoms with Crippen molar-refractivity contribution in [2.75, 3.05) is 30.9 Å². The Morgan fingerprint density at radius 3 is 2.48 bits per heavy atom. The molecule has 0 aromatic heterocycles. The molecule has 2 aromatic carbocycles. The summed E-state index contributed by atoms with van der Waals surface area (Å²) >= 11 is 0. The highest BCUT2D eigenvalue weighted by Gasteiger charge is 2.35. The third-order valence-corrected chi connectivity index (χ3v) is 4.54. The molecule has 7 nitrogen and oxygen atoms in total. The Hall–Kier alpha value is -3.35. The van der Waals surface area contributed by atoms with Crippen LogP contribution in [0.2, 0.25) is 0 Å². The van der Waals surface area contributed by atoms with Gasteiger partial charge in [0.05, 0.1) is 24.3 Å². The van der Waals surface area contributed by atoms with Crippen LogP contribution in [0.15, 0.2) is 48.5 Å². The Morgan fingerprint density at radius 1 is 1.11 bits per heavy atom. The normalized spacial score (nSPS) is 16.1. The number of carbonyl (C=O) groups excluding carboxylic acids is 3. The first kappa shape index (κ1) is 18.4. The lowest BCUT2D eigenvalue weighted by Gasteiger charge is -2.17. The minimum atomic E-state index is -0.489. The second kappa shape index (κ2) is 7.90. The van der Waals surface area contributed by atoms with E-state index in [2.05, 4.69) is 10.6 Å². The number of para-hydroxylation sites is 1. The van der Waals surface area contributed by atoms with E-state index in [1.165, 1.54) is 7.05 Å². The van der Waals surface area contributed by atoms with E-state index in [0.29, 0.717) is 23.5 Å². The summed E-state index contributed by atoms with van der Waals surface area (Å²) in [6, 6.07) is 13.9. The van der Waals surface area contributed by atoms with E-state index in [0.717, 1.165) is 5.69 Å². The second-order valence-electron chi connectivity index (χ2n) is 6.22. The molecule has 140 valence electrons. The number of rotatable bonds is 5. The van der Waals surface area contributed by atoms with Crippen LogP contribution in [-0.2, 0) is 9.59 Å². The number of benzene rings is 2. The lowest BCUT2D eigenvalue weighted by molar-refractivity contribution is -0.122. The van der Waals surface area contributed by atoms with Crippen LogP contribution in [0, 0.1) is 5.92 Å². The fourth-order valence-corrected chi connectivity index (χ4v) is 3.05. The molecule has 1 fully saturated rings. The lowest BCUT2D eigenvalue weighted by Crippen LogP contribution is -2.29. The van der Waals surface area contributed by atoms with Gasteiger partial charge in [0.15, 0.2) is 0 Å². The maximum absolute atomic E-state index is 12.7. The summed E-state index contributed by atoms with van der Waals surface area (Å²) in [5.74, 6) is -0.466. The maximum Gasteiger partial charge on any atom is 0.253 e. The fraction of sp³-hybridized carbons (Fsp3) is 0.250. The molecule has 0 unspecified atom stereocenters. The van der Waals surface area contributed by atoms with E-state index in [4.69, 9.17) is 4.74 Å². The number of hydrogen-bond acceptors (Lipinski definition) is 4. The smallest absolute Gasteiger partial charge is 0.253 e. The summed E-state index contributed by atoms with van der Waals surface area (Å²) in [5, 5.41) is 5.33. The predicted octanol–water partition coefficient (Wildman–Crippen LogP) is 2.05. The van der Waals surface area contributed by atoms with E-state index >= 15 is 0 Å². The monoisotopic (exact) mass is 367 g/mol. The average molecular weight is 367 g/mol. The molecule has 1 aliphatic heterocycles. The van der Waals surface area contributed by atoms with E-state index < -0.39 is 5.92 Å². The van der Waals surface area contributed by atoms with Crippen LogP contribution in [0.1, 0.15) is 16.8 Å². The SMILES string of the molecule is CNC(=O)c1ccccc1NC(=O)[C@@H]1CC(=O)N(c2ccc(OC)cc2)C1. The molecule has 1 saturated heterocycles. The van der Waals surface area contributed by atoms with Gasteiger partial charge in [0.2, 0.25) is 11.8 Å². The molecule has 0 bridgehead atoms. The van der Waals surface area contributed by atoms with Crippen LogP contribution >= 0.6 is 0 Å². The van der Waals surface area contributed by atoms with Gasteiger partial charge in [-0.05, 0) is 36.4 Å². The fourth-order valence-electron chi connectivity index (χ4n) is 3.05. The number of carbonyl (C=O) groups is 3. The van der Waals surface area contributed by atoms with E-state index in [9.17, 15) is 14.4 Å². The molecule has 1 atom stereocenters. The average Bonchev–Trinajstić information content (AvgIpc) is 3.09. The van der Waals surface area contributed by atoms with Gasteiger partial charge in [-0.15, -0.1) is 0 Å². The molecule has 2 aromatic rings. The van der Waals surface area contributed by atoms with Gasteiger partial charge in [0, 0.05) is 25.7 Å². The zero-order valence-electron chi connectivity index (χ0n) is 15.2. The van der Waals surface area contributed by atoms with Gasteiger partial charge in [-0.1, -0.05) is 12.1 Å². The highest BCUT2D eigenvalue weighted by Crippen LogP contribution is 2.28. The Kier molecular flexibility index (Phi) is 5.40. The maximum atomic E-state index is 12.7. The first-order chi connectivity index (χ1) is 13.0. The van der Waals surface area contributed by atoms with Gasteiger partial charge >= 0.3 is 0 Å². The Bertz CT molecular complexity index is 864. The van der Waals surface area contributed by atoms with Crippen molar-refractivity contribution in [1.82, 2.24) is 5.32 Å². The van der Waals surface area contributed by atoms with Gasteiger partial charge in [-0.3, -0.25) is 14.4 Å². The van der Waals surface area contributed by atoms with Crippen molar-refractivity contribution in [3.8, 4) is 5.75 Å². The summed E-state index contributed by atoms with van der Waals surface area (Å²) < 4.78 is 5.12. The molecule has 1 aliphatic rings. The van der Waals surface area contributed by atoms with E-state index in [1.54, 1.807) is 60.5 Å². The zero-order chi connectivity index (χ0) is 19.4. The number of ether oxygens (including phenoxy) is 1. The second-order valence-corrected chi connectivity index (χ2v) is 6.22. The predicted molar refractivity (Wildman–Crippen MR) is 102 cm³/mol. The lowest BCUT2D eigenvalue weighted by atomic mass is 10.1. The summed E-state index contributed by atoms with van der Waals surface area (Å²) in [4.78, 5) is 38.6. The molecule has 3 rings (SSSR count). The zero-order valence-corrected chi connectivity index (χ0v) is 15.2. The van der Waals surface area contributed by atoms with Crippen LogP contribution in [-0.4, -0.2) is 38.4 Å². The largest absolute Gasteiger partial charge is 0.497 e. The van der Waals surface area contributed by atoms with Crippen LogP contribution < -0.4 is 20.3 Å². The summed E-state index contributed by atoms with van der Waals surface area (Å²) in [5.41, 5.74) is 1.53. The van der Waals surface area contributed by atoms with Crippen molar-refractivity contribution < 1.29 is 19.1 Å². The van der Waals surface area contributed by atoms with Gasteiger partial charge in [0.1, 0.15) is 5.75 Å². The minimum absolute atomic E-state index is 0.111. The number of methoxy groups -OCH3 is 1. The summed E-state index contributed by atoms with van der Waals surface area (Å²) in [6.45, 7) is 0.291. The van der Waals surface area contributed by atoms with Gasteiger partial charge < -0.3 is 20.3 Å². The van der Waals surface area contributed by atoms with Gasteiger partial charge in [-0.2, -0.15) is 0 Å². The van der Waals surface area contributed by atoms with E-state index in [1.807, 2.05) is 0 Å². The highest BCUT2D eigenvalue weighted by atomic mass is 16.5. The van der Waals surface area contributed by atoms with Gasteiger partial charge in [0.25, 0.3) is 5.91 Å². The molecule has 0 spiro atoms.